The van der Waals surface area contributed by atoms with Crippen molar-refractivity contribution in [3.63, 3.8) is 0 Å². The van der Waals surface area contributed by atoms with Crippen LogP contribution in [0.5, 0.6) is 0 Å². The van der Waals surface area contributed by atoms with Crippen LogP contribution < -0.4 is 11.2 Å². The third-order valence-corrected chi connectivity index (χ3v) is 4.90. The van der Waals surface area contributed by atoms with Crippen molar-refractivity contribution in [2.24, 2.45) is 0 Å². The predicted molar refractivity (Wildman–Crippen MR) is 111 cm³/mol. The van der Waals surface area contributed by atoms with Gasteiger partial charge in [-0.05, 0) is 37.1 Å². The highest BCUT2D eigenvalue weighted by Crippen LogP contribution is 2.13. The lowest BCUT2D eigenvalue weighted by Gasteiger charge is -2.21. The maximum atomic E-state index is 12.6. The molecule has 0 aliphatic heterocycles. The lowest BCUT2D eigenvalue weighted by atomic mass is 10.2. The Labute approximate surface area is 167 Å². The van der Waals surface area contributed by atoms with Crippen LogP contribution in [-0.4, -0.2) is 26.9 Å². The van der Waals surface area contributed by atoms with Crippen molar-refractivity contribution in [1.82, 2.24) is 14.5 Å². The average molecular weight is 400 g/mol. The highest BCUT2D eigenvalue weighted by Gasteiger charge is 2.13. The number of halogens is 1. The van der Waals surface area contributed by atoms with Crippen molar-refractivity contribution in [3.8, 4) is 0 Å². The standard InChI is InChI=1S/C21H22ClN3O3/c1-2-24(14-15-7-4-3-5-8-15)19(26)9-6-12-25-20(27)17-11-10-16(22)13-18(17)23-21(25)28/h3-5,7-8,10-11,13H,2,6,9,12,14H2,1H3,(H,23,28). The molecule has 0 unspecified atom stereocenters. The van der Waals surface area contributed by atoms with Crippen LogP contribution in [0.25, 0.3) is 10.9 Å². The second-order valence-corrected chi connectivity index (χ2v) is 7.01. The number of nitrogens with one attached hydrogen (secondary N) is 1. The van der Waals surface area contributed by atoms with Crippen LogP contribution in [0.15, 0.2) is 58.1 Å². The third-order valence-electron chi connectivity index (χ3n) is 4.67. The summed E-state index contributed by atoms with van der Waals surface area (Å²) in [5, 5.41) is 0.846. The third kappa shape index (κ3) is 4.51. The van der Waals surface area contributed by atoms with Crippen molar-refractivity contribution < 1.29 is 4.79 Å². The Bertz CT molecular complexity index is 1090. The Morgan fingerprint density at radius 3 is 2.61 bits per heavy atom. The first-order valence-corrected chi connectivity index (χ1v) is 9.61. The quantitative estimate of drug-likeness (QED) is 0.663. The molecule has 0 spiro atoms. The number of hydrogen-bond acceptors (Lipinski definition) is 3. The molecule has 28 heavy (non-hydrogen) atoms. The number of benzene rings is 2. The predicted octanol–water partition coefficient (Wildman–Crippen LogP) is 3.17. The van der Waals surface area contributed by atoms with Gasteiger partial charge < -0.3 is 9.88 Å². The smallest absolute Gasteiger partial charge is 0.328 e. The number of fused-ring (bicyclic) bond motifs is 1. The number of carbonyl (C=O) groups is 1. The van der Waals surface area contributed by atoms with Gasteiger partial charge in [0.1, 0.15) is 0 Å². The monoisotopic (exact) mass is 399 g/mol. The summed E-state index contributed by atoms with van der Waals surface area (Å²) in [5.41, 5.74) is 0.608. The lowest BCUT2D eigenvalue weighted by Crippen LogP contribution is -2.36. The molecule has 0 atom stereocenters. The number of aromatic nitrogens is 2. The molecule has 7 heteroatoms. The summed E-state index contributed by atoms with van der Waals surface area (Å²) in [6.07, 6.45) is 0.678. The minimum Gasteiger partial charge on any atom is -0.339 e. The van der Waals surface area contributed by atoms with E-state index in [4.69, 9.17) is 11.6 Å². The van der Waals surface area contributed by atoms with Crippen molar-refractivity contribution in [2.45, 2.75) is 32.9 Å². The number of H-pyrrole nitrogens is 1. The molecule has 3 aromatic rings. The molecule has 0 bridgehead atoms. The number of carbonyl (C=O) groups excluding carboxylic acids is 1. The van der Waals surface area contributed by atoms with E-state index < -0.39 is 5.69 Å². The minimum absolute atomic E-state index is 0.00315. The Hall–Kier alpha value is -2.86. The van der Waals surface area contributed by atoms with Crippen molar-refractivity contribution in [2.75, 3.05) is 6.54 Å². The molecule has 2 aromatic carbocycles. The zero-order chi connectivity index (χ0) is 20.1. The maximum absolute atomic E-state index is 12.6. The molecule has 3 rings (SSSR count). The summed E-state index contributed by atoms with van der Waals surface area (Å²) in [5.74, 6) is 0.00315. The lowest BCUT2D eigenvalue weighted by molar-refractivity contribution is -0.131. The highest BCUT2D eigenvalue weighted by atomic mass is 35.5. The minimum atomic E-state index is -0.496. The Kier molecular flexibility index (Phi) is 6.31. The molecule has 0 aliphatic carbocycles. The first kappa shape index (κ1) is 19.9. The molecule has 6 nitrogen and oxygen atoms in total. The molecule has 0 saturated heterocycles. The van der Waals surface area contributed by atoms with Gasteiger partial charge in [0, 0.05) is 31.1 Å². The summed E-state index contributed by atoms with van der Waals surface area (Å²) in [4.78, 5) is 41.8. The van der Waals surface area contributed by atoms with E-state index in [1.54, 1.807) is 23.1 Å². The molecule has 0 radical (unpaired) electrons. The largest absolute Gasteiger partial charge is 0.339 e. The van der Waals surface area contributed by atoms with Crippen LogP contribution in [0.3, 0.4) is 0 Å². The van der Waals surface area contributed by atoms with Gasteiger partial charge in [0.15, 0.2) is 0 Å². The fourth-order valence-electron chi connectivity index (χ4n) is 3.16. The van der Waals surface area contributed by atoms with E-state index in [2.05, 4.69) is 4.98 Å². The second-order valence-electron chi connectivity index (χ2n) is 6.57. The van der Waals surface area contributed by atoms with Gasteiger partial charge in [0.05, 0.1) is 10.9 Å². The summed E-state index contributed by atoms with van der Waals surface area (Å²) in [6.45, 7) is 3.27. The molecule has 146 valence electrons. The molecule has 1 aromatic heterocycles. The average Bonchev–Trinajstić information content (AvgIpc) is 2.69. The van der Waals surface area contributed by atoms with E-state index in [9.17, 15) is 14.4 Å². The number of hydrogen-bond donors (Lipinski definition) is 1. The molecule has 0 fully saturated rings. The van der Waals surface area contributed by atoms with Crippen LogP contribution in [-0.2, 0) is 17.9 Å². The van der Waals surface area contributed by atoms with Crippen LogP contribution in [0.4, 0.5) is 0 Å². The summed E-state index contributed by atoms with van der Waals surface area (Å²) in [6, 6.07) is 14.5. The zero-order valence-corrected chi connectivity index (χ0v) is 16.4. The first-order valence-electron chi connectivity index (χ1n) is 9.23. The van der Waals surface area contributed by atoms with Crippen molar-refractivity contribution in [3.05, 3.63) is 80.0 Å². The Balaban J connectivity index is 1.67. The molecule has 1 amide bonds. The van der Waals surface area contributed by atoms with Crippen molar-refractivity contribution >= 4 is 28.4 Å². The fraction of sp³-hybridized carbons (Fsp3) is 0.286. The number of amides is 1. The SMILES string of the molecule is CCN(Cc1ccccc1)C(=O)CCCn1c(=O)[nH]c2cc(Cl)ccc2c1=O. The van der Waals surface area contributed by atoms with Gasteiger partial charge >= 0.3 is 5.69 Å². The fourth-order valence-corrected chi connectivity index (χ4v) is 3.33. The van der Waals surface area contributed by atoms with Gasteiger partial charge in [-0.1, -0.05) is 41.9 Å². The first-order chi connectivity index (χ1) is 13.5. The number of rotatable bonds is 7. The normalized spacial score (nSPS) is 10.9. The maximum Gasteiger partial charge on any atom is 0.328 e. The summed E-state index contributed by atoms with van der Waals surface area (Å²) in [7, 11) is 0. The van der Waals surface area contributed by atoms with Crippen LogP contribution >= 0.6 is 11.6 Å². The Morgan fingerprint density at radius 1 is 1.14 bits per heavy atom. The van der Waals surface area contributed by atoms with Gasteiger partial charge in [-0.2, -0.15) is 0 Å². The van der Waals surface area contributed by atoms with Crippen LogP contribution in [0.1, 0.15) is 25.3 Å². The number of nitrogens with zero attached hydrogens (tertiary/aromatic N) is 2. The molecular formula is C21H22ClN3O3. The second kappa shape index (κ2) is 8.89. The molecule has 1 N–H and O–H groups in total. The summed E-state index contributed by atoms with van der Waals surface area (Å²) < 4.78 is 1.14. The van der Waals surface area contributed by atoms with E-state index >= 15 is 0 Å². The topological polar surface area (TPSA) is 75.2 Å². The molecule has 0 saturated carbocycles. The summed E-state index contributed by atoms with van der Waals surface area (Å²) >= 11 is 5.91. The Morgan fingerprint density at radius 2 is 1.89 bits per heavy atom. The van der Waals surface area contributed by atoms with E-state index in [0.717, 1.165) is 10.1 Å². The van der Waals surface area contributed by atoms with Gasteiger partial charge in [-0.25, -0.2) is 4.79 Å². The van der Waals surface area contributed by atoms with Crippen LogP contribution in [0.2, 0.25) is 5.02 Å². The van der Waals surface area contributed by atoms with E-state index in [1.807, 2.05) is 37.3 Å². The van der Waals surface area contributed by atoms with Gasteiger partial charge in [-0.3, -0.25) is 14.2 Å². The van der Waals surface area contributed by atoms with Crippen LogP contribution in [0, 0.1) is 0 Å². The van der Waals surface area contributed by atoms with E-state index in [0.29, 0.717) is 35.4 Å². The molecule has 0 aliphatic rings. The van der Waals surface area contributed by atoms with Gasteiger partial charge in [0.2, 0.25) is 5.91 Å². The molecule has 1 heterocycles. The van der Waals surface area contributed by atoms with Gasteiger partial charge in [0.25, 0.3) is 5.56 Å². The van der Waals surface area contributed by atoms with E-state index in [1.165, 1.54) is 0 Å². The highest BCUT2D eigenvalue weighted by molar-refractivity contribution is 6.31. The van der Waals surface area contributed by atoms with Gasteiger partial charge in [-0.15, -0.1) is 0 Å². The zero-order valence-electron chi connectivity index (χ0n) is 15.7. The molecular weight excluding hydrogens is 378 g/mol. The van der Waals surface area contributed by atoms with E-state index in [-0.39, 0.29) is 24.4 Å². The number of aromatic amines is 1. The van der Waals surface area contributed by atoms with Crippen molar-refractivity contribution in [1.29, 1.82) is 0 Å².